The van der Waals surface area contributed by atoms with E-state index < -0.39 is 39.8 Å². The lowest BCUT2D eigenvalue weighted by Crippen LogP contribution is -2.67. The van der Waals surface area contributed by atoms with E-state index in [1.165, 1.54) is 32.1 Å². The first-order chi connectivity index (χ1) is 26.4. The lowest BCUT2D eigenvalue weighted by Gasteiger charge is -2.62. The van der Waals surface area contributed by atoms with Crippen LogP contribution in [0.3, 0.4) is 0 Å². The van der Waals surface area contributed by atoms with Crippen LogP contribution in [-0.2, 0) is 42.9 Å². The largest absolute Gasteiger partial charge is 0.458 e. The van der Waals surface area contributed by atoms with E-state index in [2.05, 4.69) is 13.8 Å². The standard InChI is InChI=1S/C17H28O2.C16H26O4.C13H18O5/c1-5-16(2,3)15(18)19-17(4)13-7-11-6-12(9-13)10-14(17)8-11;1-4-13(2,3)12(17)20-16-7-11-5-14(18,9-16)8-15(19,6-11)10-16;1-4-13(2,3)12(15)18-9-7-5-6-8(16-7)10(9)17-11(6)14/h11-14H,5-10H2,1-4H3;11,18-19H,4-10H2,1-3H3;6-10H,4-5H2,1-3H3. The molecule has 0 spiro atoms. The van der Waals surface area contributed by atoms with Crippen LogP contribution in [0.2, 0.25) is 0 Å². The van der Waals surface area contributed by atoms with Crippen LogP contribution in [-0.4, -0.2) is 80.9 Å². The maximum absolute atomic E-state index is 12.5. The van der Waals surface area contributed by atoms with Crippen molar-refractivity contribution in [1.82, 2.24) is 0 Å². The summed E-state index contributed by atoms with van der Waals surface area (Å²) >= 11 is 0. The van der Waals surface area contributed by atoms with E-state index in [-0.39, 0.29) is 58.9 Å². The molecule has 11 fully saturated rings. The van der Waals surface area contributed by atoms with Crippen molar-refractivity contribution in [3.05, 3.63) is 0 Å². The van der Waals surface area contributed by atoms with Gasteiger partial charge in [0.15, 0.2) is 12.2 Å². The van der Waals surface area contributed by atoms with Crippen molar-refractivity contribution in [2.45, 2.75) is 212 Å². The first-order valence-electron chi connectivity index (χ1n) is 22.4. The minimum absolute atomic E-state index is 0.0185. The predicted molar refractivity (Wildman–Crippen MR) is 210 cm³/mol. The SMILES string of the molecule is CCC(C)(C)C(=O)OC1(C)C2CC3CC(C2)CC1C3.CCC(C)(C)C(=O)OC12CC3CC(O)(CC(O)(C3)C1)C2.CCC(C)(C)C(=O)OC1C2CC3C(=O)OC1C3O2. The van der Waals surface area contributed by atoms with Gasteiger partial charge in [-0.2, -0.15) is 0 Å². The summed E-state index contributed by atoms with van der Waals surface area (Å²) in [6, 6.07) is 0. The van der Waals surface area contributed by atoms with E-state index in [0.717, 1.165) is 43.9 Å². The molecule has 0 aromatic rings. The van der Waals surface area contributed by atoms with Gasteiger partial charge in [-0.05, 0) is 155 Å². The Morgan fingerprint density at radius 3 is 1.65 bits per heavy atom. The van der Waals surface area contributed by atoms with Crippen LogP contribution in [0.15, 0.2) is 0 Å². The van der Waals surface area contributed by atoms with Crippen LogP contribution in [0.1, 0.15) is 166 Å². The molecule has 11 heteroatoms. The van der Waals surface area contributed by atoms with Gasteiger partial charge in [-0.25, -0.2) is 0 Å². The van der Waals surface area contributed by atoms with Crippen molar-refractivity contribution >= 4 is 23.9 Å². The van der Waals surface area contributed by atoms with Gasteiger partial charge in [0.05, 0.1) is 39.5 Å². The van der Waals surface area contributed by atoms with Gasteiger partial charge in [-0.15, -0.1) is 0 Å². The number of esters is 4. The normalized spacial score (nSPS) is 44.1. The molecule has 2 N–H and O–H groups in total. The molecule has 3 aliphatic heterocycles. The number of hydrogen-bond acceptors (Lipinski definition) is 11. The molecule has 0 radical (unpaired) electrons. The van der Waals surface area contributed by atoms with Crippen molar-refractivity contribution < 1.29 is 53.1 Å². The third-order valence-electron chi connectivity index (χ3n) is 16.7. The topological polar surface area (TPSA) is 155 Å². The van der Waals surface area contributed by atoms with Crippen LogP contribution in [0.4, 0.5) is 0 Å². The van der Waals surface area contributed by atoms with Gasteiger partial charge in [-0.1, -0.05) is 20.8 Å². The summed E-state index contributed by atoms with van der Waals surface area (Å²) in [7, 11) is 0. The van der Waals surface area contributed by atoms with Gasteiger partial charge >= 0.3 is 23.9 Å². The average molecular weight is 801 g/mol. The van der Waals surface area contributed by atoms with Crippen molar-refractivity contribution in [3.63, 3.8) is 0 Å². The zero-order valence-corrected chi connectivity index (χ0v) is 36.4. The van der Waals surface area contributed by atoms with E-state index in [1.54, 1.807) is 0 Å². The highest BCUT2D eigenvalue weighted by atomic mass is 16.7. The van der Waals surface area contributed by atoms with Crippen molar-refractivity contribution in [3.8, 4) is 0 Å². The third kappa shape index (κ3) is 7.81. The van der Waals surface area contributed by atoms with Gasteiger partial charge in [0.25, 0.3) is 0 Å². The zero-order valence-electron chi connectivity index (χ0n) is 36.4. The van der Waals surface area contributed by atoms with E-state index in [4.69, 9.17) is 23.7 Å². The summed E-state index contributed by atoms with van der Waals surface area (Å²) in [6.07, 6.45) is 12.0. The first-order valence-corrected chi connectivity index (χ1v) is 22.4. The van der Waals surface area contributed by atoms with E-state index in [1.807, 2.05) is 55.4 Å². The lowest BCUT2D eigenvalue weighted by atomic mass is 9.50. The molecule has 3 heterocycles. The molecule has 322 valence electrons. The highest BCUT2D eigenvalue weighted by Gasteiger charge is 2.66. The van der Waals surface area contributed by atoms with Gasteiger partial charge in [0.1, 0.15) is 17.3 Å². The van der Waals surface area contributed by atoms with E-state index in [9.17, 15) is 29.4 Å². The Kier molecular flexibility index (Phi) is 10.9. The molecule has 10 bridgehead atoms. The monoisotopic (exact) mass is 801 g/mol. The fourth-order valence-corrected chi connectivity index (χ4v) is 12.4. The summed E-state index contributed by atoms with van der Waals surface area (Å²) in [5.41, 5.74) is -3.85. The number of ether oxygens (including phenoxy) is 5. The predicted octanol–water partition coefficient (Wildman–Crippen LogP) is 7.39. The summed E-state index contributed by atoms with van der Waals surface area (Å²) < 4.78 is 28.5. The van der Waals surface area contributed by atoms with E-state index >= 15 is 0 Å². The fourth-order valence-electron chi connectivity index (χ4n) is 12.4. The van der Waals surface area contributed by atoms with Gasteiger partial charge < -0.3 is 33.9 Å². The Balaban J connectivity index is 0.000000131. The zero-order chi connectivity index (χ0) is 41.7. The summed E-state index contributed by atoms with van der Waals surface area (Å²) in [6.45, 7) is 19.7. The van der Waals surface area contributed by atoms with Gasteiger partial charge in [0, 0.05) is 19.3 Å². The second-order valence-corrected chi connectivity index (χ2v) is 22.4. The van der Waals surface area contributed by atoms with Crippen molar-refractivity contribution in [2.24, 2.45) is 51.8 Å². The van der Waals surface area contributed by atoms with E-state index in [0.29, 0.717) is 43.9 Å². The Hall–Kier alpha value is -2.24. The molecule has 0 aromatic carbocycles. The van der Waals surface area contributed by atoms with Gasteiger partial charge in [-0.3, -0.25) is 19.2 Å². The molecule has 3 saturated heterocycles. The summed E-state index contributed by atoms with van der Waals surface area (Å²) in [5.74, 6) is 2.60. The Labute approximate surface area is 340 Å². The summed E-state index contributed by atoms with van der Waals surface area (Å²) in [4.78, 5) is 48.5. The van der Waals surface area contributed by atoms with Crippen molar-refractivity contribution in [1.29, 1.82) is 0 Å². The molecule has 57 heavy (non-hydrogen) atoms. The Morgan fingerprint density at radius 2 is 1.16 bits per heavy atom. The number of aliphatic hydroxyl groups is 2. The van der Waals surface area contributed by atoms with Crippen LogP contribution >= 0.6 is 0 Å². The quantitative estimate of drug-likeness (QED) is 0.177. The van der Waals surface area contributed by atoms with Crippen LogP contribution < -0.4 is 0 Å². The van der Waals surface area contributed by atoms with Gasteiger partial charge in [0.2, 0.25) is 0 Å². The molecule has 0 aromatic heterocycles. The first kappa shape index (κ1) is 42.9. The third-order valence-corrected chi connectivity index (χ3v) is 16.7. The number of carbonyl (C=O) groups is 4. The molecular formula is C46H72O11. The lowest BCUT2D eigenvalue weighted by molar-refractivity contribution is -0.264. The minimum atomic E-state index is -0.842. The van der Waals surface area contributed by atoms with Crippen LogP contribution in [0.25, 0.3) is 0 Å². The average Bonchev–Trinajstić information content (AvgIpc) is 3.75. The number of carbonyl (C=O) groups excluding carboxylic acids is 4. The molecular weight excluding hydrogens is 728 g/mol. The Bertz CT molecular complexity index is 1550. The molecule has 7 atom stereocenters. The second-order valence-electron chi connectivity index (χ2n) is 22.4. The maximum atomic E-state index is 12.5. The molecule has 8 saturated carbocycles. The molecule has 7 unspecified atom stereocenters. The maximum Gasteiger partial charge on any atom is 0.312 e. The number of fused-ring (bicyclic) bond motifs is 1. The highest BCUT2D eigenvalue weighted by molar-refractivity contribution is 5.79. The molecule has 11 aliphatic rings. The number of rotatable bonds is 9. The summed E-state index contributed by atoms with van der Waals surface area (Å²) in [5, 5.41) is 21.3. The highest BCUT2D eigenvalue weighted by Crippen LogP contribution is 2.62. The van der Waals surface area contributed by atoms with Crippen molar-refractivity contribution in [2.75, 3.05) is 0 Å². The Morgan fingerprint density at radius 1 is 0.667 bits per heavy atom. The second kappa shape index (κ2) is 14.5. The number of hydrogen-bond donors (Lipinski definition) is 2. The minimum Gasteiger partial charge on any atom is -0.458 e. The molecule has 11 rings (SSSR count). The molecule has 11 nitrogen and oxygen atoms in total. The fraction of sp³-hybridized carbons (Fsp3) is 0.913. The van der Waals surface area contributed by atoms with Crippen LogP contribution in [0, 0.1) is 51.8 Å². The van der Waals surface area contributed by atoms with Crippen LogP contribution in [0.5, 0.6) is 0 Å². The molecule has 8 aliphatic carbocycles. The smallest absolute Gasteiger partial charge is 0.312 e. The molecule has 0 amide bonds.